The monoisotopic (exact) mass is 165 g/mol. The number of rotatable bonds is 1. The average Bonchev–Trinajstić information content (AvgIpc) is 2.05. The van der Waals surface area contributed by atoms with E-state index < -0.39 is 0 Å². The van der Waals surface area contributed by atoms with Gasteiger partial charge in [-0.05, 0) is 12.8 Å². The maximum absolute atomic E-state index is 10.6. The molecule has 0 spiro atoms. The van der Waals surface area contributed by atoms with Gasteiger partial charge in [0.1, 0.15) is 6.29 Å². The molecule has 0 aromatic carbocycles. The zero-order valence-electron chi connectivity index (χ0n) is 7.33. The second-order valence-corrected chi connectivity index (χ2v) is 3.53. The molecule has 12 heavy (non-hydrogen) atoms. The van der Waals surface area contributed by atoms with Crippen molar-refractivity contribution in [3.8, 4) is 6.07 Å². The number of aldehydes is 1. The highest BCUT2D eigenvalue weighted by molar-refractivity contribution is 5.54. The van der Waals surface area contributed by atoms with E-state index in [0.717, 1.165) is 32.0 Å². The molecule has 0 N–H and O–H groups in total. The first-order valence-corrected chi connectivity index (χ1v) is 4.73. The van der Waals surface area contributed by atoms with E-state index >= 15 is 0 Å². The summed E-state index contributed by atoms with van der Waals surface area (Å²) in [5, 5.41) is 8.80. The average molecular weight is 165 g/mol. The predicted molar refractivity (Wildman–Crippen MR) is 46.4 cm³/mol. The van der Waals surface area contributed by atoms with Crippen molar-refractivity contribution in [1.82, 2.24) is 0 Å². The third kappa shape index (κ3) is 2.34. The maximum Gasteiger partial charge on any atom is 0.124 e. The Labute approximate surface area is 73.6 Å². The third-order valence-corrected chi connectivity index (χ3v) is 2.66. The second kappa shape index (κ2) is 4.92. The van der Waals surface area contributed by atoms with E-state index in [4.69, 9.17) is 5.26 Å². The predicted octanol–water partition coefficient (Wildman–Crippen LogP) is 2.30. The summed E-state index contributed by atoms with van der Waals surface area (Å²) in [4.78, 5) is 10.6. The minimum absolute atomic E-state index is 0.00954. The smallest absolute Gasteiger partial charge is 0.124 e. The number of hydrogen-bond acceptors (Lipinski definition) is 2. The van der Waals surface area contributed by atoms with Crippen molar-refractivity contribution in [1.29, 1.82) is 5.26 Å². The summed E-state index contributed by atoms with van der Waals surface area (Å²) < 4.78 is 0. The summed E-state index contributed by atoms with van der Waals surface area (Å²) >= 11 is 0. The van der Waals surface area contributed by atoms with Crippen LogP contribution >= 0.6 is 0 Å². The van der Waals surface area contributed by atoms with Crippen LogP contribution < -0.4 is 0 Å². The van der Waals surface area contributed by atoms with Crippen molar-refractivity contribution >= 4 is 6.29 Å². The summed E-state index contributed by atoms with van der Waals surface area (Å²) in [6, 6.07) is 2.24. The SMILES string of the molecule is N#CC1CCCCCCC1C=O. The molecule has 0 saturated heterocycles. The molecule has 2 unspecified atom stereocenters. The van der Waals surface area contributed by atoms with E-state index in [1.54, 1.807) is 0 Å². The zero-order chi connectivity index (χ0) is 8.81. The highest BCUT2D eigenvalue weighted by atomic mass is 16.1. The van der Waals surface area contributed by atoms with Gasteiger partial charge in [0, 0.05) is 5.92 Å². The molecule has 1 rings (SSSR count). The molecule has 66 valence electrons. The fourth-order valence-corrected chi connectivity index (χ4v) is 1.84. The molecule has 2 heteroatoms. The summed E-state index contributed by atoms with van der Waals surface area (Å²) in [7, 11) is 0. The van der Waals surface area contributed by atoms with Crippen molar-refractivity contribution in [3.63, 3.8) is 0 Å². The molecule has 0 aromatic heterocycles. The van der Waals surface area contributed by atoms with Crippen LogP contribution in [0, 0.1) is 23.2 Å². The van der Waals surface area contributed by atoms with Crippen LogP contribution in [0.25, 0.3) is 0 Å². The molecule has 1 saturated carbocycles. The second-order valence-electron chi connectivity index (χ2n) is 3.53. The van der Waals surface area contributed by atoms with Gasteiger partial charge >= 0.3 is 0 Å². The van der Waals surface area contributed by atoms with Gasteiger partial charge < -0.3 is 4.79 Å². The normalized spacial score (nSPS) is 31.2. The van der Waals surface area contributed by atoms with E-state index in [1.807, 2.05) is 0 Å². The molecule has 0 radical (unpaired) electrons. The van der Waals surface area contributed by atoms with Crippen LogP contribution in [-0.2, 0) is 4.79 Å². The number of carbonyl (C=O) groups excluding carboxylic acids is 1. The van der Waals surface area contributed by atoms with E-state index in [0.29, 0.717) is 0 Å². The van der Waals surface area contributed by atoms with E-state index in [1.165, 1.54) is 12.8 Å². The van der Waals surface area contributed by atoms with Crippen LogP contribution in [0.2, 0.25) is 0 Å². The van der Waals surface area contributed by atoms with Crippen LogP contribution in [0.5, 0.6) is 0 Å². The largest absolute Gasteiger partial charge is 0.303 e. The minimum Gasteiger partial charge on any atom is -0.303 e. The number of nitriles is 1. The topological polar surface area (TPSA) is 40.9 Å². The molecule has 0 amide bonds. The lowest BCUT2D eigenvalue weighted by molar-refractivity contribution is -0.112. The van der Waals surface area contributed by atoms with Gasteiger partial charge in [-0.15, -0.1) is 0 Å². The van der Waals surface area contributed by atoms with Crippen molar-refractivity contribution in [2.45, 2.75) is 38.5 Å². The number of carbonyl (C=O) groups is 1. The molecule has 1 aliphatic carbocycles. The van der Waals surface area contributed by atoms with Gasteiger partial charge in [0.05, 0.1) is 12.0 Å². The van der Waals surface area contributed by atoms with Gasteiger partial charge in [0.2, 0.25) is 0 Å². The quantitative estimate of drug-likeness (QED) is 0.559. The fourth-order valence-electron chi connectivity index (χ4n) is 1.84. The van der Waals surface area contributed by atoms with Gasteiger partial charge in [0.25, 0.3) is 0 Å². The molecule has 0 heterocycles. The van der Waals surface area contributed by atoms with Crippen molar-refractivity contribution in [2.75, 3.05) is 0 Å². The first-order chi connectivity index (χ1) is 5.88. The van der Waals surface area contributed by atoms with Gasteiger partial charge in [-0.2, -0.15) is 5.26 Å². The van der Waals surface area contributed by atoms with E-state index in [-0.39, 0.29) is 11.8 Å². The van der Waals surface area contributed by atoms with E-state index in [9.17, 15) is 4.79 Å². The first-order valence-electron chi connectivity index (χ1n) is 4.73. The Hall–Kier alpha value is -0.840. The van der Waals surface area contributed by atoms with Gasteiger partial charge in [0.15, 0.2) is 0 Å². The zero-order valence-corrected chi connectivity index (χ0v) is 7.33. The standard InChI is InChI=1S/C10H15NO/c11-7-9-5-3-1-2-4-6-10(9)8-12/h8-10H,1-6H2. The molecular weight excluding hydrogens is 150 g/mol. The lowest BCUT2D eigenvalue weighted by Gasteiger charge is -2.18. The van der Waals surface area contributed by atoms with E-state index in [2.05, 4.69) is 6.07 Å². The Bertz CT molecular complexity index is 183. The minimum atomic E-state index is -0.0113. The lowest BCUT2D eigenvalue weighted by atomic mass is 9.83. The molecule has 0 aliphatic heterocycles. The van der Waals surface area contributed by atoms with Crippen molar-refractivity contribution in [2.24, 2.45) is 11.8 Å². The van der Waals surface area contributed by atoms with Crippen molar-refractivity contribution < 1.29 is 4.79 Å². The van der Waals surface area contributed by atoms with Crippen LogP contribution in [-0.4, -0.2) is 6.29 Å². The summed E-state index contributed by atoms with van der Waals surface area (Å²) in [5.74, 6) is -0.00176. The fraction of sp³-hybridized carbons (Fsp3) is 0.800. The maximum atomic E-state index is 10.6. The summed E-state index contributed by atoms with van der Waals surface area (Å²) in [6.45, 7) is 0. The molecule has 2 nitrogen and oxygen atoms in total. The molecule has 1 fully saturated rings. The lowest BCUT2D eigenvalue weighted by Crippen LogP contribution is -2.16. The third-order valence-electron chi connectivity index (χ3n) is 2.66. The van der Waals surface area contributed by atoms with Crippen LogP contribution in [0.1, 0.15) is 38.5 Å². The Morgan fingerprint density at radius 1 is 1.17 bits per heavy atom. The molecule has 1 aliphatic rings. The van der Waals surface area contributed by atoms with Crippen molar-refractivity contribution in [3.05, 3.63) is 0 Å². The molecule has 2 atom stereocenters. The number of nitrogens with zero attached hydrogens (tertiary/aromatic N) is 1. The molecule has 0 bridgehead atoms. The summed E-state index contributed by atoms with van der Waals surface area (Å²) in [6.07, 6.45) is 7.48. The van der Waals surface area contributed by atoms with Crippen LogP contribution in [0.15, 0.2) is 0 Å². The molecular formula is C10H15NO. The Kier molecular flexibility index (Phi) is 3.79. The highest BCUT2D eigenvalue weighted by Crippen LogP contribution is 2.25. The Morgan fingerprint density at radius 2 is 1.83 bits per heavy atom. The first kappa shape index (κ1) is 9.25. The highest BCUT2D eigenvalue weighted by Gasteiger charge is 2.21. The Morgan fingerprint density at radius 3 is 2.42 bits per heavy atom. The van der Waals surface area contributed by atoms with Gasteiger partial charge in [-0.3, -0.25) is 0 Å². The molecule has 0 aromatic rings. The van der Waals surface area contributed by atoms with Gasteiger partial charge in [-0.25, -0.2) is 0 Å². The Balaban J connectivity index is 2.52. The number of hydrogen-bond donors (Lipinski definition) is 0. The van der Waals surface area contributed by atoms with Crippen LogP contribution in [0.4, 0.5) is 0 Å². The van der Waals surface area contributed by atoms with Crippen LogP contribution in [0.3, 0.4) is 0 Å². The summed E-state index contributed by atoms with van der Waals surface area (Å²) in [5.41, 5.74) is 0. The van der Waals surface area contributed by atoms with Gasteiger partial charge in [-0.1, -0.05) is 25.7 Å².